The molecule has 0 saturated carbocycles. The van der Waals surface area contributed by atoms with Gasteiger partial charge in [-0.2, -0.15) is 0 Å². The molecular weight excluding hydrogens is 470 g/mol. The molecule has 0 fully saturated rings. The van der Waals surface area contributed by atoms with Gasteiger partial charge >= 0.3 is 6.09 Å². The van der Waals surface area contributed by atoms with E-state index in [0.717, 1.165) is 11.1 Å². The molecule has 3 N–H and O–H groups in total. The number of aryl methyl sites for hydroxylation is 3. The quantitative estimate of drug-likeness (QED) is 0.431. The summed E-state index contributed by atoms with van der Waals surface area (Å²) in [5.41, 5.74) is 2.57. The summed E-state index contributed by atoms with van der Waals surface area (Å²) in [4.78, 5) is 41.6. The van der Waals surface area contributed by atoms with Crippen LogP contribution < -0.4 is 10.6 Å². The number of hydrogen-bond acceptors (Lipinski definition) is 5. The number of phenols is 1. The summed E-state index contributed by atoms with van der Waals surface area (Å²) in [6.07, 6.45) is -0.183. The molecule has 2 aromatic rings. The first-order valence-corrected chi connectivity index (χ1v) is 12.6. The topological polar surface area (TPSA) is 108 Å². The van der Waals surface area contributed by atoms with Crippen LogP contribution in [-0.2, 0) is 14.3 Å². The number of nitrogens with zero attached hydrogens (tertiary/aromatic N) is 1. The second-order valence-electron chi connectivity index (χ2n) is 10.5. The third kappa shape index (κ3) is 7.47. The first-order valence-electron chi connectivity index (χ1n) is 12.6. The highest BCUT2D eigenvalue weighted by Crippen LogP contribution is 2.35. The van der Waals surface area contributed by atoms with Gasteiger partial charge < -0.3 is 25.4 Å². The molecule has 2 rings (SSSR count). The first-order chi connectivity index (χ1) is 17.2. The van der Waals surface area contributed by atoms with Gasteiger partial charge in [0.15, 0.2) is 0 Å². The van der Waals surface area contributed by atoms with E-state index >= 15 is 0 Å². The van der Waals surface area contributed by atoms with Crippen molar-refractivity contribution in [3.05, 3.63) is 58.7 Å². The SMILES string of the molecule is CCC(C)N(C(=O)C(C)NC(=O)OC(C)(C)C)C(C(=O)Nc1c(C)cccc1C)c1cccc(C)c1O. The van der Waals surface area contributed by atoms with Crippen molar-refractivity contribution >= 4 is 23.6 Å². The highest BCUT2D eigenvalue weighted by molar-refractivity contribution is 6.00. The average molecular weight is 512 g/mol. The summed E-state index contributed by atoms with van der Waals surface area (Å²) < 4.78 is 5.32. The molecule has 3 atom stereocenters. The fraction of sp³-hybridized carbons (Fsp3) is 0.483. The van der Waals surface area contributed by atoms with Crippen LogP contribution in [-0.4, -0.2) is 45.6 Å². The lowest BCUT2D eigenvalue weighted by molar-refractivity contribution is -0.143. The van der Waals surface area contributed by atoms with Gasteiger partial charge in [0, 0.05) is 17.3 Å². The van der Waals surface area contributed by atoms with Crippen LogP contribution in [0.1, 0.15) is 76.3 Å². The van der Waals surface area contributed by atoms with Gasteiger partial charge in [-0.25, -0.2) is 4.79 Å². The smallest absolute Gasteiger partial charge is 0.408 e. The Labute approximate surface area is 220 Å². The molecule has 0 heterocycles. The fourth-order valence-electron chi connectivity index (χ4n) is 4.09. The van der Waals surface area contributed by atoms with Crippen molar-refractivity contribution in [2.24, 2.45) is 0 Å². The second kappa shape index (κ2) is 12.1. The number of phenolic OH excluding ortho intramolecular Hbond substituents is 1. The zero-order valence-corrected chi connectivity index (χ0v) is 23.4. The Bertz CT molecular complexity index is 1120. The molecule has 0 aromatic heterocycles. The minimum atomic E-state index is -1.15. The van der Waals surface area contributed by atoms with Crippen molar-refractivity contribution in [2.75, 3.05) is 5.32 Å². The number of aromatic hydroxyl groups is 1. The molecule has 0 aliphatic heterocycles. The Morgan fingerprint density at radius 1 is 0.973 bits per heavy atom. The summed E-state index contributed by atoms with van der Waals surface area (Å²) in [6.45, 7) is 16.0. The van der Waals surface area contributed by atoms with Crippen molar-refractivity contribution < 1.29 is 24.2 Å². The molecule has 3 unspecified atom stereocenters. The third-order valence-electron chi connectivity index (χ3n) is 6.24. The van der Waals surface area contributed by atoms with Crippen LogP contribution in [0.5, 0.6) is 5.75 Å². The van der Waals surface area contributed by atoms with Crippen molar-refractivity contribution in [2.45, 2.75) is 92.5 Å². The molecule has 2 aromatic carbocycles. The zero-order chi connectivity index (χ0) is 28.1. The molecule has 3 amide bonds. The predicted octanol–water partition coefficient (Wildman–Crippen LogP) is 5.54. The number of rotatable bonds is 8. The molecule has 0 bridgehead atoms. The van der Waals surface area contributed by atoms with E-state index in [0.29, 0.717) is 23.2 Å². The van der Waals surface area contributed by atoms with E-state index in [4.69, 9.17) is 4.74 Å². The van der Waals surface area contributed by atoms with Gasteiger partial charge in [0.25, 0.3) is 5.91 Å². The molecule has 202 valence electrons. The minimum absolute atomic E-state index is 0.0574. The Morgan fingerprint density at radius 2 is 1.51 bits per heavy atom. The summed E-state index contributed by atoms with van der Waals surface area (Å²) in [5.74, 6) is -0.989. The molecule has 0 aliphatic rings. The van der Waals surface area contributed by atoms with Crippen LogP contribution in [0.3, 0.4) is 0 Å². The Balaban J connectivity index is 2.57. The Morgan fingerprint density at radius 3 is 2.05 bits per heavy atom. The highest BCUT2D eigenvalue weighted by Gasteiger charge is 2.38. The second-order valence-corrected chi connectivity index (χ2v) is 10.5. The fourth-order valence-corrected chi connectivity index (χ4v) is 4.09. The predicted molar refractivity (Wildman–Crippen MR) is 146 cm³/mol. The van der Waals surface area contributed by atoms with Gasteiger partial charge in [-0.15, -0.1) is 0 Å². The number of amides is 3. The summed E-state index contributed by atoms with van der Waals surface area (Å²) in [5, 5.41) is 16.6. The normalized spacial score (nSPS) is 13.8. The van der Waals surface area contributed by atoms with Gasteiger partial charge in [0.1, 0.15) is 23.4 Å². The standard InChI is InChI=1S/C29H41N3O5/c1-10-20(5)32(27(35)21(6)30-28(36)37-29(7,8)9)24(22-16-12-15-19(4)25(22)33)26(34)31-23-17(2)13-11-14-18(23)3/h11-16,20-21,24,33H,10H2,1-9H3,(H,30,36)(H,31,34). The summed E-state index contributed by atoms with van der Waals surface area (Å²) in [7, 11) is 0. The Kier molecular flexibility index (Phi) is 9.73. The molecule has 0 spiro atoms. The van der Waals surface area contributed by atoms with Crippen molar-refractivity contribution in [1.82, 2.24) is 10.2 Å². The lowest BCUT2D eigenvalue weighted by Crippen LogP contribution is -2.54. The maximum Gasteiger partial charge on any atom is 0.408 e. The molecule has 0 aliphatic carbocycles. The minimum Gasteiger partial charge on any atom is -0.507 e. The number of alkyl carbamates (subject to hydrolysis) is 1. The molecule has 8 nitrogen and oxygen atoms in total. The van der Waals surface area contributed by atoms with Crippen LogP contribution in [0.2, 0.25) is 0 Å². The largest absolute Gasteiger partial charge is 0.507 e. The number of anilines is 1. The van der Waals surface area contributed by atoms with Crippen LogP contribution in [0.4, 0.5) is 10.5 Å². The highest BCUT2D eigenvalue weighted by atomic mass is 16.6. The monoisotopic (exact) mass is 511 g/mol. The number of carbonyl (C=O) groups excluding carboxylic acids is 3. The van der Waals surface area contributed by atoms with Crippen molar-refractivity contribution in [3.63, 3.8) is 0 Å². The zero-order valence-electron chi connectivity index (χ0n) is 23.4. The van der Waals surface area contributed by atoms with Gasteiger partial charge in [-0.3, -0.25) is 9.59 Å². The van der Waals surface area contributed by atoms with E-state index in [9.17, 15) is 19.5 Å². The third-order valence-corrected chi connectivity index (χ3v) is 6.24. The van der Waals surface area contributed by atoms with Crippen molar-refractivity contribution in [3.8, 4) is 5.75 Å². The summed E-state index contributed by atoms with van der Waals surface area (Å²) in [6, 6.07) is 8.31. The number of benzene rings is 2. The lowest BCUT2D eigenvalue weighted by Gasteiger charge is -2.38. The number of ether oxygens (including phenoxy) is 1. The maximum atomic E-state index is 14.0. The van der Waals surface area contributed by atoms with Crippen LogP contribution >= 0.6 is 0 Å². The molecular formula is C29H41N3O5. The van der Waals surface area contributed by atoms with E-state index in [1.165, 1.54) is 4.90 Å². The molecule has 0 saturated heterocycles. The van der Waals surface area contributed by atoms with Crippen LogP contribution in [0.15, 0.2) is 36.4 Å². The van der Waals surface area contributed by atoms with Crippen LogP contribution in [0.25, 0.3) is 0 Å². The lowest BCUT2D eigenvalue weighted by atomic mass is 9.97. The number of nitrogens with one attached hydrogen (secondary N) is 2. The van der Waals surface area contributed by atoms with Gasteiger partial charge in [-0.05, 0) is 78.5 Å². The van der Waals surface area contributed by atoms with E-state index < -0.39 is 35.6 Å². The van der Waals surface area contributed by atoms with Gasteiger partial charge in [-0.1, -0.05) is 43.3 Å². The Hall–Kier alpha value is -3.55. The first kappa shape index (κ1) is 29.7. The number of para-hydroxylation sites is 2. The van der Waals surface area contributed by atoms with Crippen LogP contribution in [0, 0.1) is 20.8 Å². The van der Waals surface area contributed by atoms with Crippen molar-refractivity contribution in [1.29, 1.82) is 0 Å². The number of hydrogen-bond donors (Lipinski definition) is 3. The average Bonchev–Trinajstić information content (AvgIpc) is 2.79. The van der Waals surface area contributed by atoms with E-state index in [2.05, 4.69) is 10.6 Å². The van der Waals surface area contributed by atoms with E-state index in [-0.39, 0.29) is 11.8 Å². The van der Waals surface area contributed by atoms with E-state index in [1.54, 1.807) is 52.8 Å². The molecule has 37 heavy (non-hydrogen) atoms. The summed E-state index contributed by atoms with van der Waals surface area (Å²) >= 11 is 0. The molecule has 8 heteroatoms. The maximum absolute atomic E-state index is 14.0. The number of carbonyl (C=O) groups is 3. The van der Waals surface area contributed by atoms with Gasteiger partial charge in [0.05, 0.1) is 0 Å². The van der Waals surface area contributed by atoms with E-state index in [1.807, 2.05) is 45.9 Å². The molecule has 0 radical (unpaired) electrons. The van der Waals surface area contributed by atoms with Gasteiger partial charge in [0.2, 0.25) is 5.91 Å².